The molecule has 1 aliphatic carbocycles. The number of nitrogens with two attached hydrogens (primary N) is 1. The van der Waals surface area contributed by atoms with Crippen molar-refractivity contribution in [2.24, 2.45) is 17.6 Å². The molecule has 112 valence electrons. The quantitative estimate of drug-likeness (QED) is 0.864. The topological polar surface area (TPSA) is 46.3 Å². The minimum absolute atomic E-state index is 0. The molecule has 4 heteroatoms. The number of carbonyl (C=O) groups excluding carboxylic acids is 1. The lowest BCUT2D eigenvalue weighted by Gasteiger charge is -2.39. The van der Waals surface area contributed by atoms with E-state index in [0.717, 1.165) is 31.7 Å². The van der Waals surface area contributed by atoms with E-state index in [9.17, 15) is 4.79 Å². The van der Waals surface area contributed by atoms with Crippen molar-refractivity contribution >= 4 is 18.3 Å². The fourth-order valence-electron chi connectivity index (χ4n) is 3.69. The van der Waals surface area contributed by atoms with E-state index < -0.39 is 0 Å². The molecule has 3 nitrogen and oxygen atoms in total. The molecule has 0 radical (unpaired) electrons. The van der Waals surface area contributed by atoms with Crippen molar-refractivity contribution in [1.29, 1.82) is 0 Å². The maximum absolute atomic E-state index is 12.3. The number of hydrogen-bond donors (Lipinski definition) is 1. The van der Waals surface area contributed by atoms with E-state index in [1.807, 2.05) is 0 Å². The number of piperidine rings is 1. The Morgan fingerprint density at radius 2 is 1.89 bits per heavy atom. The van der Waals surface area contributed by atoms with Crippen LogP contribution in [0.3, 0.4) is 0 Å². The normalized spacial score (nSPS) is 28.2. The number of amides is 1. The largest absolute Gasteiger partial charge is 0.338 e. The average Bonchev–Trinajstić information content (AvgIpc) is 2.88. The van der Waals surface area contributed by atoms with Gasteiger partial charge in [0.15, 0.2) is 0 Å². The van der Waals surface area contributed by atoms with E-state index in [1.165, 1.54) is 32.1 Å². The number of hydrogen-bond acceptors (Lipinski definition) is 2. The second-order valence-corrected chi connectivity index (χ2v) is 6.20. The zero-order chi connectivity index (χ0) is 13.0. The lowest BCUT2D eigenvalue weighted by Crippen LogP contribution is -2.51. The van der Waals surface area contributed by atoms with Crippen molar-refractivity contribution in [1.82, 2.24) is 4.90 Å². The molecule has 1 saturated carbocycles. The first kappa shape index (κ1) is 16.8. The zero-order valence-electron chi connectivity index (χ0n) is 12.1. The standard InChI is InChI=1S/C15H28N2O.ClH/c1-12-5-4-10-17(14(12)11-16)15(18)9-8-13-6-2-3-7-13;/h12-14H,2-11,16H2,1H3;1H. The summed E-state index contributed by atoms with van der Waals surface area (Å²) in [5.74, 6) is 1.73. The minimum atomic E-state index is 0. The van der Waals surface area contributed by atoms with Crippen LogP contribution in [0, 0.1) is 11.8 Å². The highest BCUT2D eigenvalue weighted by Crippen LogP contribution is 2.29. The predicted octanol–water partition coefficient (Wildman–Crippen LogP) is 2.96. The van der Waals surface area contributed by atoms with Crippen LogP contribution in [0.1, 0.15) is 58.3 Å². The number of nitrogens with zero attached hydrogens (tertiary/aromatic N) is 1. The van der Waals surface area contributed by atoms with Gasteiger partial charge in [0.05, 0.1) is 0 Å². The Labute approximate surface area is 123 Å². The monoisotopic (exact) mass is 288 g/mol. The van der Waals surface area contributed by atoms with Gasteiger partial charge < -0.3 is 10.6 Å². The Morgan fingerprint density at radius 3 is 2.53 bits per heavy atom. The summed E-state index contributed by atoms with van der Waals surface area (Å²) in [6.07, 6.45) is 9.61. The Bertz CT molecular complexity index is 279. The minimum Gasteiger partial charge on any atom is -0.338 e. The van der Waals surface area contributed by atoms with Crippen LogP contribution in [0.2, 0.25) is 0 Å². The van der Waals surface area contributed by atoms with Crippen molar-refractivity contribution in [3.8, 4) is 0 Å². The third-order valence-corrected chi connectivity index (χ3v) is 4.92. The van der Waals surface area contributed by atoms with E-state index in [0.29, 0.717) is 18.4 Å². The van der Waals surface area contributed by atoms with Gasteiger partial charge in [-0.05, 0) is 31.1 Å². The van der Waals surface area contributed by atoms with Crippen LogP contribution in [0.4, 0.5) is 0 Å². The van der Waals surface area contributed by atoms with Crippen molar-refractivity contribution in [2.45, 2.75) is 64.3 Å². The Hall–Kier alpha value is -0.280. The van der Waals surface area contributed by atoms with Gasteiger partial charge in [-0.15, -0.1) is 12.4 Å². The molecule has 0 bridgehead atoms. The van der Waals surface area contributed by atoms with Gasteiger partial charge in [0.25, 0.3) is 0 Å². The molecule has 19 heavy (non-hydrogen) atoms. The van der Waals surface area contributed by atoms with Crippen molar-refractivity contribution in [2.75, 3.05) is 13.1 Å². The molecule has 2 atom stereocenters. The molecule has 0 aromatic rings. The molecule has 2 aliphatic rings. The van der Waals surface area contributed by atoms with Crippen LogP contribution in [0.25, 0.3) is 0 Å². The van der Waals surface area contributed by atoms with Gasteiger partial charge in [0.1, 0.15) is 0 Å². The first-order chi connectivity index (χ1) is 8.72. The Balaban J connectivity index is 0.00000180. The van der Waals surface area contributed by atoms with Gasteiger partial charge in [-0.3, -0.25) is 4.79 Å². The zero-order valence-corrected chi connectivity index (χ0v) is 13.0. The Morgan fingerprint density at radius 1 is 1.21 bits per heavy atom. The summed E-state index contributed by atoms with van der Waals surface area (Å²) in [5, 5.41) is 0. The summed E-state index contributed by atoms with van der Waals surface area (Å²) in [4.78, 5) is 14.4. The summed E-state index contributed by atoms with van der Waals surface area (Å²) in [6.45, 7) is 3.78. The molecule has 0 aromatic carbocycles. The van der Waals surface area contributed by atoms with E-state index >= 15 is 0 Å². The van der Waals surface area contributed by atoms with Crippen LogP contribution >= 0.6 is 12.4 Å². The number of carbonyl (C=O) groups is 1. The van der Waals surface area contributed by atoms with Gasteiger partial charge in [-0.25, -0.2) is 0 Å². The first-order valence-corrected chi connectivity index (χ1v) is 7.72. The van der Waals surface area contributed by atoms with E-state index in [2.05, 4.69) is 11.8 Å². The SMILES string of the molecule is CC1CCCN(C(=O)CCC2CCCC2)C1CN.Cl. The summed E-state index contributed by atoms with van der Waals surface area (Å²) in [7, 11) is 0. The van der Waals surface area contributed by atoms with Gasteiger partial charge in [-0.2, -0.15) is 0 Å². The maximum Gasteiger partial charge on any atom is 0.222 e. The molecule has 2 N–H and O–H groups in total. The predicted molar refractivity (Wildman–Crippen MR) is 81.4 cm³/mol. The number of halogens is 1. The average molecular weight is 289 g/mol. The fraction of sp³-hybridized carbons (Fsp3) is 0.933. The smallest absolute Gasteiger partial charge is 0.222 e. The van der Waals surface area contributed by atoms with Gasteiger partial charge >= 0.3 is 0 Å². The highest BCUT2D eigenvalue weighted by atomic mass is 35.5. The van der Waals surface area contributed by atoms with Crippen LogP contribution in [0.15, 0.2) is 0 Å². The lowest BCUT2D eigenvalue weighted by atomic mass is 9.90. The number of likely N-dealkylation sites (tertiary alicyclic amines) is 1. The molecule has 0 aromatic heterocycles. The lowest BCUT2D eigenvalue weighted by molar-refractivity contribution is -0.136. The van der Waals surface area contributed by atoms with Crippen molar-refractivity contribution in [3.63, 3.8) is 0 Å². The molecule has 2 fully saturated rings. The van der Waals surface area contributed by atoms with Gasteiger partial charge in [0.2, 0.25) is 5.91 Å². The highest BCUT2D eigenvalue weighted by Gasteiger charge is 2.30. The van der Waals surface area contributed by atoms with Crippen LogP contribution in [-0.2, 0) is 4.79 Å². The van der Waals surface area contributed by atoms with Crippen LogP contribution in [0.5, 0.6) is 0 Å². The summed E-state index contributed by atoms with van der Waals surface area (Å²) in [5.41, 5.74) is 5.85. The molecule has 2 rings (SSSR count). The fourth-order valence-corrected chi connectivity index (χ4v) is 3.69. The van der Waals surface area contributed by atoms with E-state index in [1.54, 1.807) is 0 Å². The summed E-state index contributed by atoms with van der Waals surface area (Å²) < 4.78 is 0. The second-order valence-electron chi connectivity index (χ2n) is 6.20. The Kier molecular flexibility index (Phi) is 7.16. The number of rotatable bonds is 4. The maximum atomic E-state index is 12.3. The van der Waals surface area contributed by atoms with Crippen molar-refractivity contribution in [3.05, 3.63) is 0 Å². The molecule has 0 spiro atoms. The van der Waals surface area contributed by atoms with E-state index in [4.69, 9.17) is 5.73 Å². The summed E-state index contributed by atoms with van der Waals surface area (Å²) in [6, 6.07) is 0.287. The van der Waals surface area contributed by atoms with Crippen LogP contribution in [-0.4, -0.2) is 29.9 Å². The molecule has 1 saturated heterocycles. The third kappa shape index (κ3) is 4.35. The summed E-state index contributed by atoms with van der Waals surface area (Å²) >= 11 is 0. The molecule has 1 aliphatic heterocycles. The molecule has 1 heterocycles. The highest BCUT2D eigenvalue weighted by molar-refractivity contribution is 5.85. The van der Waals surface area contributed by atoms with Gasteiger partial charge in [0, 0.05) is 25.6 Å². The molecular formula is C15H29ClN2O. The second kappa shape index (κ2) is 8.11. The first-order valence-electron chi connectivity index (χ1n) is 7.72. The molecular weight excluding hydrogens is 260 g/mol. The molecule has 2 unspecified atom stereocenters. The third-order valence-electron chi connectivity index (χ3n) is 4.92. The van der Waals surface area contributed by atoms with Crippen molar-refractivity contribution < 1.29 is 4.79 Å². The van der Waals surface area contributed by atoms with Gasteiger partial charge in [-0.1, -0.05) is 32.6 Å². The van der Waals surface area contributed by atoms with E-state index in [-0.39, 0.29) is 18.4 Å². The molecule has 1 amide bonds. The van der Waals surface area contributed by atoms with Crippen LogP contribution < -0.4 is 5.73 Å².